The molecule has 1 N–H and O–H groups in total. The quantitative estimate of drug-likeness (QED) is 0.341. The summed E-state index contributed by atoms with van der Waals surface area (Å²) < 4.78 is 41.7. The number of halogens is 1. The fourth-order valence-electron chi connectivity index (χ4n) is 3.90. The van der Waals surface area contributed by atoms with Crippen molar-refractivity contribution in [2.24, 2.45) is 0 Å². The maximum Gasteiger partial charge on any atom is 0.243 e. The summed E-state index contributed by atoms with van der Waals surface area (Å²) in [5, 5.41) is 3.00. The summed E-state index contributed by atoms with van der Waals surface area (Å²) in [6, 6.07) is 30.6. The first-order valence-electron chi connectivity index (χ1n) is 11.5. The number of hydrogen-bond donors (Lipinski definition) is 1. The van der Waals surface area contributed by atoms with Gasteiger partial charge in [0.1, 0.15) is 5.82 Å². The van der Waals surface area contributed by atoms with Crippen LogP contribution in [0.2, 0.25) is 0 Å². The van der Waals surface area contributed by atoms with Crippen LogP contribution in [-0.2, 0) is 21.4 Å². The van der Waals surface area contributed by atoms with Crippen molar-refractivity contribution in [3.8, 4) is 0 Å². The van der Waals surface area contributed by atoms with Crippen molar-refractivity contribution in [2.75, 3.05) is 6.54 Å². The highest BCUT2D eigenvalue weighted by Gasteiger charge is 2.28. The van der Waals surface area contributed by atoms with Gasteiger partial charge in [0.15, 0.2) is 0 Å². The molecule has 0 atom stereocenters. The van der Waals surface area contributed by atoms with Gasteiger partial charge in [-0.15, -0.1) is 0 Å². The van der Waals surface area contributed by atoms with Crippen LogP contribution in [0.25, 0.3) is 0 Å². The fraction of sp³-hybridized carbons (Fsp3) is 0.138. The van der Waals surface area contributed by atoms with Crippen molar-refractivity contribution >= 4 is 15.9 Å². The highest BCUT2D eigenvalue weighted by Crippen LogP contribution is 2.23. The molecule has 0 saturated carbocycles. The zero-order chi connectivity index (χ0) is 25.5. The maximum absolute atomic E-state index is 13.5. The van der Waals surface area contributed by atoms with E-state index in [0.29, 0.717) is 5.56 Å². The Balaban J connectivity index is 1.63. The van der Waals surface area contributed by atoms with Gasteiger partial charge in [0.2, 0.25) is 15.9 Å². The van der Waals surface area contributed by atoms with Gasteiger partial charge in [0.05, 0.1) is 17.5 Å². The first-order chi connectivity index (χ1) is 17.3. The summed E-state index contributed by atoms with van der Waals surface area (Å²) in [6.45, 7) is 1.39. The zero-order valence-electron chi connectivity index (χ0n) is 19.8. The normalized spacial score (nSPS) is 11.6. The second-order valence-electron chi connectivity index (χ2n) is 8.53. The van der Waals surface area contributed by atoms with Crippen LogP contribution in [0.1, 0.15) is 28.3 Å². The summed E-state index contributed by atoms with van der Waals surface area (Å²) in [4.78, 5) is 13.4. The summed E-state index contributed by atoms with van der Waals surface area (Å²) >= 11 is 0. The van der Waals surface area contributed by atoms with Crippen LogP contribution < -0.4 is 5.32 Å². The molecular formula is C29H27FN2O3S. The van der Waals surface area contributed by atoms with Gasteiger partial charge in [-0.1, -0.05) is 90.5 Å². The second kappa shape index (κ2) is 11.3. The Labute approximate surface area is 211 Å². The van der Waals surface area contributed by atoms with E-state index >= 15 is 0 Å². The van der Waals surface area contributed by atoms with Crippen LogP contribution in [0, 0.1) is 12.7 Å². The SMILES string of the molecule is Cc1ccc(S(=O)(=O)N(CC(=O)NC(c2ccccc2)c2ccccc2)Cc2ccc(F)cc2)cc1. The summed E-state index contributed by atoms with van der Waals surface area (Å²) in [5.74, 6) is -0.872. The Morgan fingerprint density at radius 2 is 1.33 bits per heavy atom. The molecule has 0 aromatic heterocycles. The molecule has 0 spiro atoms. The summed E-state index contributed by atoms with van der Waals surface area (Å²) in [7, 11) is -4.01. The molecule has 4 rings (SSSR count). The van der Waals surface area contributed by atoms with Gasteiger partial charge in [-0.3, -0.25) is 4.79 Å². The lowest BCUT2D eigenvalue weighted by molar-refractivity contribution is -0.121. The molecule has 0 bridgehead atoms. The van der Waals surface area contributed by atoms with Crippen LogP contribution in [0.15, 0.2) is 114 Å². The molecule has 5 nitrogen and oxygen atoms in total. The van der Waals surface area contributed by atoms with Gasteiger partial charge in [-0.25, -0.2) is 12.8 Å². The van der Waals surface area contributed by atoms with E-state index in [4.69, 9.17) is 0 Å². The highest BCUT2D eigenvalue weighted by atomic mass is 32.2. The molecular weight excluding hydrogens is 475 g/mol. The fourth-order valence-corrected chi connectivity index (χ4v) is 5.28. The predicted molar refractivity (Wildman–Crippen MR) is 138 cm³/mol. The topological polar surface area (TPSA) is 66.5 Å². The third kappa shape index (κ3) is 6.24. The minimum Gasteiger partial charge on any atom is -0.344 e. The average molecular weight is 503 g/mol. The van der Waals surface area contributed by atoms with Gasteiger partial charge >= 0.3 is 0 Å². The van der Waals surface area contributed by atoms with Gasteiger partial charge in [0.25, 0.3) is 0 Å². The van der Waals surface area contributed by atoms with Crippen molar-refractivity contribution in [1.82, 2.24) is 9.62 Å². The summed E-state index contributed by atoms with van der Waals surface area (Å²) in [5.41, 5.74) is 3.25. The first-order valence-corrected chi connectivity index (χ1v) is 13.0. The molecule has 184 valence electrons. The first kappa shape index (κ1) is 25.3. The molecule has 4 aromatic carbocycles. The monoisotopic (exact) mass is 502 g/mol. The van der Waals surface area contributed by atoms with E-state index in [1.165, 1.54) is 36.4 Å². The zero-order valence-corrected chi connectivity index (χ0v) is 20.7. The lowest BCUT2D eigenvalue weighted by Crippen LogP contribution is -2.41. The molecule has 0 saturated heterocycles. The minimum atomic E-state index is -4.01. The minimum absolute atomic E-state index is 0.0781. The van der Waals surface area contributed by atoms with Crippen molar-refractivity contribution < 1.29 is 17.6 Å². The van der Waals surface area contributed by atoms with Crippen LogP contribution in [0.4, 0.5) is 4.39 Å². The van der Waals surface area contributed by atoms with Crippen molar-refractivity contribution in [3.05, 3.63) is 137 Å². The molecule has 0 aliphatic heterocycles. The van der Waals surface area contributed by atoms with Gasteiger partial charge in [0, 0.05) is 6.54 Å². The van der Waals surface area contributed by atoms with Gasteiger partial charge in [-0.05, 0) is 47.9 Å². The molecule has 0 radical (unpaired) electrons. The Kier molecular flexibility index (Phi) is 7.93. The largest absolute Gasteiger partial charge is 0.344 e. The average Bonchev–Trinajstić information content (AvgIpc) is 2.89. The molecule has 0 heterocycles. The third-order valence-corrected chi connectivity index (χ3v) is 7.63. The Morgan fingerprint density at radius 1 is 0.806 bits per heavy atom. The van der Waals surface area contributed by atoms with E-state index < -0.39 is 34.3 Å². The molecule has 0 unspecified atom stereocenters. The van der Waals surface area contributed by atoms with Crippen LogP contribution in [-0.4, -0.2) is 25.2 Å². The van der Waals surface area contributed by atoms with E-state index in [-0.39, 0.29) is 11.4 Å². The number of benzene rings is 4. The van der Waals surface area contributed by atoms with E-state index in [2.05, 4.69) is 5.32 Å². The Hall–Kier alpha value is -3.81. The van der Waals surface area contributed by atoms with Crippen LogP contribution >= 0.6 is 0 Å². The number of nitrogens with zero attached hydrogens (tertiary/aromatic N) is 1. The van der Waals surface area contributed by atoms with Crippen molar-refractivity contribution in [2.45, 2.75) is 24.4 Å². The van der Waals surface area contributed by atoms with Gasteiger partial charge < -0.3 is 5.32 Å². The van der Waals surface area contributed by atoms with Gasteiger partial charge in [-0.2, -0.15) is 4.31 Å². The van der Waals surface area contributed by atoms with Crippen molar-refractivity contribution in [1.29, 1.82) is 0 Å². The Bertz CT molecular complexity index is 1350. The number of nitrogens with one attached hydrogen (secondary N) is 1. The maximum atomic E-state index is 13.5. The lowest BCUT2D eigenvalue weighted by Gasteiger charge is -2.25. The third-order valence-electron chi connectivity index (χ3n) is 5.82. The molecule has 1 amide bonds. The number of carbonyl (C=O) groups excluding carboxylic acids is 1. The number of hydrogen-bond acceptors (Lipinski definition) is 3. The molecule has 4 aromatic rings. The smallest absolute Gasteiger partial charge is 0.243 e. The highest BCUT2D eigenvalue weighted by molar-refractivity contribution is 7.89. The van der Waals surface area contributed by atoms with Crippen LogP contribution in [0.5, 0.6) is 0 Å². The lowest BCUT2D eigenvalue weighted by atomic mass is 9.99. The Morgan fingerprint density at radius 3 is 1.86 bits per heavy atom. The van der Waals surface area contributed by atoms with E-state index in [9.17, 15) is 17.6 Å². The molecule has 0 fully saturated rings. The molecule has 7 heteroatoms. The predicted octanol–water partition coefficient (Wildman–Crippen LogP) is 5.23. The van der Waals surface area contributed by atoms with Crippen molar-refractivity contribution in [3.63, 3.8) is 0 Å². The van der Waals surface area contributed by atoms with E-state index in [1.807, 2.05) is 67.6 Å². The van der Waals surface area contributed by atoms with E-state index in [1.54, 1.807) is 12.1 Å². The standard InChI is InChI=1S/C29H27FN2O3S/c1-22-12-18-27(19-13-22)36(34,35)32(20-23-14-16-26(30)17-15-23)21-28(33)31-29(24-8-4-2-5-9-24)25-10-6-3-7-11-25/h2-19,29H,20-21H2,1H3,(H,31,33). The number of carbonyl (C=O) groups is 1. The number of aryl methyl sites for hydroxylation is 1. The molecule has 0 aliphatic rings. The number of sulfonamides is 1. The summed E-state index contributed by atoms with van der Waals surface area (Å²) in [6.07, 6.45) is 0. The molecule has 36 heavy (non-hydrogen) atoms. The van der Waals surface area contributed by atoms with Crippen LogP contribution in [0.3, 0.4) is 0 Å². The van der Waals surface area contributed by atoms with E-state index in [0.717, 1.165) is 21.0 Å². The second-order valence-corrected chi connectivity index (χ2v) is 10.5. The number of rotatable bonds is 9. The molecule has 0 aliphatic carbocycles. The number of amides is 1.